The van der Waals surface area contributed by atoms with Crippen LogP contribution >= 0.6 is 22.7 Å². The normalized spacial score (nSPS) is 16.2. The van der Waals surface area contributed by atoms with Crippen LogP contribution in [0.4, 0.5) is 0 Å². The summed E-state index contributed by atoms with van der Waals surface area (Å²) in [6, 6.07) is 5.54. The van der Waals surface area contributed by atoms with Gasteiger partial charge in [0.1, 0.15) is 9.77 Å². The SMILES string of the molecule is O=C(NCCc1cccs1)c1sccc1S(=O)(=O)N1CCCCC1. The first kappa shape index (κ1) is 17.6. The van der Waals surface area contributed by atoms with Crippen molar-refractivity contribution >= 4 is 38.6 Å². The van der Waals surface area contributed by atoms with E-state index in [1.54, 1.807) is 22.8 Å². The number of rotatable bonds is 6. The van der Waals surface area contributed by atoms with Crippen LogP contribution in [0.3, 0.4) is 0 Å². The molecule has 130 valence electrons. The molecule has 3 rings (SSSR count). The third-order valence-electron chi connectivity index (χ3n) is 4.01. The first-order valence-corrected chi connectivity index (χ1v) is 11.2. The van der Waals surface area contributed by atoms with Gasteiger partial charge in [0.2, 0.25) is 10.0 Å². The van der Waals surface area contributed by atoms with Gasteiger partial charge in [0.15, 0.2) is 0 Å². The molecular formula is C16H20N2O3S3. The fourth-order valence-electron chi connectivity index (χ4n) is 2.74. The number of hydrogen-bond acceptors (Lipinski definition) is 5. The smallest absolute Gasteiger partial charge is 0.262 e. The van der Waals surface area contributed by atoms with Crippen molar-refractivity contribution in [2.45, 2.75) is 30.6 Å². The molecule has 2 aromatic heterocycles. The summed E-state index contributed by atoms with van der Waals surface area (Å²) >= 11 is 2.83. The summed E-state index contributed by atoms with van der Waals surface area (Å²) in [5.74, 6) is -0.308. The molecular weight excluding hydrogens is 364 g/mol. The minimum Gasteiger partial charge on any atom is -0.351 e. The van der Waals surface area contributed by atoms with Crippen LogP contribution in [0.1, 0.15) is 33.8 Å². The first-order chi connectivity index (χ1) is 11.6. The van der Waals surface area contributed by atoms with Crippen LogP contribution < -0.4 is 5.32 Å². The van der Waals surface area contributed by atoms with E-state index in [1.807, 2.05) is 17.5 Å². The number of hydrogen-bond donors (Lipinski definition) is 1. The first-order valence-electron chi connectivity index (χ1n) is 7.97. The van der Waals surface area contributed by atoms with Crippen molar-refractivity contribution in [2.75, 3.05) is 19.6 Å². The topological polar surface area (TPSA) is 66.5 Å². The Morgan fingerprint density at radius 1 is 1.12 bits per heavy atom. The van der Waals surface area contributed by atoms with Crippen LogP contribution in [0, 0.1) is 0 Å². The lowest BCUT2D eigenvalue weighted by Crippen LogP contribution is -2.36. The lowest BCUT2D eigenvalue weighted by Gasteiger charge is -2.25. The van der Waals surface area contributed by atoms with Crippen molar-refractivity contribution in [3.05, 3.63) is 38.7 Å². The van der Waals surface area contributed by atoms with E-state index in [0.717, 1.165) is 25.7 Å². The highest BCUT2D eigenvalue weighted by Crippen LogP contribution is 2.27. The molecule has 5 nitrogen and oxygen atoms in total. The maximum absolute atomic E-state index is 12.8. The van der Waals surface area contributed by atoms with E-state index in [1.165, 1.54) is 20.5 Å². The van der Waals surface area contributed by atoms with E-state index < -0.39 is 10.0 Å². The van der Waals surface area contributed by atoms with Gasteiger partial charge in [-0.3, -0.25) is 4.79 Å². The third kappa shape index (κ3) is 3.88. The minimum atomic E-state index is -3.58. The average Bonchev–Trinajstić information content (AvgIpc) is 3.27. The number of nitrogens with zero attached hydrogens (tertiary/aromatic N) is 1. The highest BCUT2D eigenvalue weighted by Gasteiger charge is 2.30. The molecule has 8 heteroatoms. The Kier molecular flexibility index (Phi) is 5.70. The molecule has 2 aromatic rings. The zero-order valence-corrected chi connectivity index (χ0v) is 15.7. The second-order valence-corrected chi connectivity index (χ2v) is 9.52. The molecule has 1 saturated heterocycles. The highest BCUT2D eigenvalue weighted by molar-refractivity contribution is 7.89. The number of carbonyl (C=O) groups is 1. The molecule has 1 aliphatic heterocycles. The van der Waals surface area contributed by atoms with Gasteiger partial charge in [0.05, 0.1) is 0 Å². The van der Waals surface area contributed by atoms with Crippen LogP contribution in [0.5, 0.6) is 0 Å². The van der Waals surface area contributed by atoms with Crippen molar-refractivity contribution in [3.8, 4) is 0 Å². The number of sulfonamides is 1. The van der Waals surface area contributed by atoms with Gasteiger partial charge in [-0.15, -0.1) is 22.7 Å². The Labute approximate surface area is 150 Å². The number of piperidine rings is 1. The summed E-state index contributed by atoms with van der Waals surface area (Å²) in [6.45, 7) is 1.58. The molecule has 0 unspecified atom stereocenters. The quantitative estimate of drug-likeness (QED) is 0.833. The summed E-state index contributed by atoms with van der Waals surface area (Å²) in [5, 5.41) is 6.51. The van der Waals surface area contributed by atoms with E-state index in [0.29, 0.717) is 19.6 Å². The molecule has 3 heterocycles. The van der Waals surface area contributed by atoms with E-state index in [9.17, 15) is 13.2 Å². The van der Waals surface area contributed by atoms with Gasteiger partial charge in [-0.2, -0.15) is 4.31 Å². The number of nitrogens with one attached hydrogen (secondary N) is 1. The zero-order chi connectivity index (χ0) is 17.0. The van der Waals surface area contributed by atoms with Crippen LogP contribution in [0.2, 0.25) is 0 Å². The standard InChI is InChI=1S/C16H20N2O3S3/c19-16(17-8-6-13-5-4-11-22-13)15-14(7-12-23-15)24(20,21)18-9-2-1-3-10-18/h4-5,7,11-12H,1-3,6,8-10H2,(H,17,19). The highest BCUT2D eigenvalue weighted by atomic mass is 32.2. The second kappa shape index (κ2) is 7.77. The van der Waals surface area contributed by atoms with Crippen LogP contribution in [-0.4, -0.2) is 38.3 Å². The summed E-state index contributed by atoms with van der Waals surface area (Å²) in [5.41, 5.74) is 0. The van der Waals surface area contributed by atoms with Gasteiger partial charge >= 0.3 is 0 Å². The van der Waals surface area contributed by atoms with Gasteiger partial charge in [-0.05, 0) is 42.2 Å². The fraction of sp³-hybridized carbons (Fsp3) is 0.438. The Balaban J connectivity index is 1.68. The molecule has 1 N–H and O–H groups in total. The maximum Gasteiger partial charge on any atom is 0.262 e. The van der Waals surface area contributed by atoms with Crippen molar-refractivity contribution in [1.82, 2.24) is 9.62 Å². The monoisotopic (exact) mass is 384 g/mol. The third-order valence-corrected chi connectivity index (χ3v) is 7.92. The van der Waals surface area contributed by atoms with Crippen molar-refractivity contribution in [2.24, 2.45) is 0 Å². The molecule has 0 bridgehead atoms. The van der Waals surface area contributed by atoms with Gasteiger partial charge < -0.3 is 5.32 Å². The predicted molar refractivity (Wildman–Crippen MR) is 97.3 cm³/mol. The Hall–Kier alpha value is -1.22. The zero-order valence-electron chi connectivity index (χ0n) is 13.2. The lowest BCUT2D eigenvalue weighted by atomic mass is 10.2. The predicted octanol–water partition coefficient (Wildman–Crippen LogP) is 2.96. The molecule has 1 fully saturated rings. The molecule has 1 aliphatic rings. The van der Waals surface area contributed by atoms with Crippen molar-refractivity contribution < 1.29 is 13.2 Å². The number of thiophene rings is 2. The molecule has 0 spiro atoms. The van der Waals surface area contributed by atoms with Gasteiger partial charge in [-0.1, -0.05) is 12.5 Å². The molecule has 24 heavy (non-hydrogen) atoms. The van der Waals surface area contributed by atoms with Crippen LogP contribution in [0.25, 0.3) is 0 Å². The second-order valence-electron chi connectivity index (χ2n) is 5.66. The van der Waals surface area contributed by atoms with Crippen molar-refractivity contribution in [3.63, 3.8) is 0 Å². The van der Waals surface area contributed by atoms with E-state index in [2.05, 4.69) is 5.32 Å². The van der Waals surface area contributed by atoms with E-state index in [-0.39, 0.29) is 15.7 Å². The summed E-state index contributed by atoms with van der Waals surface area (Å²) in [7, 11) is -3.58. The molecule has 0 atom stereocenters. The van der Waals surface area contributed by atoms with Crippen molar-refractivity contribution in [1.29, 1.82) is 0 Å². The van der Waals surface area contributed by atoms with E-state index >= 15 is 0 Å². The largest absolute Gasteiger partial charge is 0.351 e. The van der Waals surface area contributed by atoms with E-state index in [4.69, 9.17) is 0 Å². The fourth-order valence-corrected chi connectivity index (χ4v) is 6.29. The van der Waals surface area contributed by atoms with Gasteiger partial charge in [0, 0.05) is 24.5 Å². The van der Waals surface area contributed by atoms with Crippen LogP contribution in [0.15, 0.2) is 33.9 Å². The van der Waals surface area contributed by atoms with Crippen LogP contribution in [-0.2, 0) is 16.4 Å². The summed E-state index contributed by atoms with van der Waals surface area (Å²) in [6.07, 6.45) is 3.58. The molecule has 0 aromatic carbocycles. The maximum atomic E-state index is 12.8. The Morgan fingerprint density at radius 2 is 1.92 bits per heavy atom. The molecule has 0 saturated carbocycles. The van der Waals surface area contributed by atoms with Gasteiger partial charge in [0.25, 0.3) is 5.91 Å². The average molecular weight is 385 g/mol. The minimum absolute atomic E-state index is 0.142. The molecule has 0 aliphatic carbocycles. The number of carbonyl (C=O) groups excluding carboxylic acids is 1. The lowest BCUT2D eigenvalue weighted by molar-refractivity contribution is 0.0955. The molecule has 1 amide bonds. The summed E-state index contributed by atoms with van der Waals surface area (Å²) in [4.78, 5) is 14.0. The Morgan fingerprint density at radius 3 is 2.62 bits per heavy atom. The number of amides is 1. The summed E-state index contributed by atoms with van der Waals surface area (Å²) < 4.78 is 27.1. The van der Waals surface area contributed by atoms with Gasteiger partial charge in [-0.25, -0.2) is 8.42 Å². The Bertz CT molecular complexity index is 775. The molecule has 0 radical (unpaired) electrons.